The van der Waals surface area contributed by atoms with Gasteiger partial charge in [-0.15, -0.1) is 0 Å². The third kappa shape index (κ3) is 4.15. The van der Waals surface area contributed by atoms with Crippen LogP contribution < -0.4 is 5.32 Å². The molecule has 1 amide bonds. The SMILES string of the molecule is CCc1ccc(C(CNC(=O)c2cccnc2)N(C)C)cc1. The molecule has 2 rings (SSSR count). The molecule has 1 aromatic carbocycles. The van der Waals surface area contributed by atoms with Crippen molar-refractivity contribution in [2.24, 2.45) is 0 Å². The molecule has 1 N–H and O–H groups in total. The largest absolute Gasteiger partial charge is 0.350 e. The molecule has 1 unspecified atom stereocenters. The van der Waals surface area contributed by atoms with Gasteiger partial charge >= 0.3 is 0 Å². The first kappa shape index (κ1) is 16.2. The first-order valence-electron chi connectivity index (χ1n) is 7.55. The van der Waals surface area contributed by atoms with Crippen LogP contribution in [-0.2, 0) is 6.42 Å². The first-order chi connectivity index (χ1) is 10.6. The molecule has 1 aromatic heterocycles. The molecule has 4 heteroatoms. The van der Waals surface area contributed by atoms with Crippen LogP contribution in [0.3, 0.4) is 0 Å². The fraction of sp³-hybridized carbons (Fsp3) is 0.333. The van der Waals surface area contributed by atoms with Gasteiger partial charge in [0.05, 0.1) is 11.6 Å². The minimum Gasteiger partial charge on any atom is -0.350 e. The van der Waals surface area contributed by atoms with Crippen molar-refractivity contribution in [1.29, 1.82) is 0 Å². The van der Waals surface area contributed by atoms with Gasteiger partial charge in [0.2, 0.25) is 0 Å². The predicted octanol–water partition coefficient (Wildman–Crippen LogP) is 2.68. The lowest BCUT2D eigenvalue weighted by molar-refractivity contribution is 0.0941. The number of likely N-dealkylation sites (N-methyl/N-ethyl adjacent to an activating group) is 1. The highest BCUT2D eigenvalue weighted by molar-refractivity contribution is 5.93. The van der Waals surface area contributed by atoms with E-state index in [0.717, 1.165) is 6.42 Å². The van der Waals surface area contributed by atoms with Gasteiger partial charge in [0, 0.05) is 18.9 Å². The minimum atomic E-state index is -0.0925. The Kier molecular flexibility index (Phi) is 5.67. The van der Waals surface area contributed by atoms with Gasteiger partial charge in [0.1, 0.15) is 0 Å². The zero-order valence-corrected chi connectivity index (χ0v) is 13.4. The summed E-state index contributed by atoms with van der Waals surface area (Å²) in [5.41, 5.74) is 3.11. The highest BCUT2D eigenvalue weighted by Crippen LogP contribution is 2.18. The second-order valence-corrected chi connectivity index (χ2v) is 5.53. The Morgan fingerprint density at radius 3 is 2.50 bits per heavy atom. The first-order valence-corrected chi connectivity index (χ1v) is 7.55. The molecular weight excluding hydrogens is 274 g/mol. The maximum absolute atomic E-state index is 12.1. The lowest BCUT2D eigenvalue weighted by Crippen LogP contribution is -2.34. The Balaban J connectivity index is 2.04. The molecule has 0 spiro atoms. The summed E-state index contributed by atoms with van der Waals surface area (Å²) in [7, 11) is 4.04. The second-order valence-electron chi connectivity index (χ2n) is 5.53. The summed E-state index contributed by atoms with van der Waals surface area (Å²) in [6.45, 7) is 2.71. The molecule has 0 radical (unpaired) electrons. The van der Waals surface area contributed by atoms with Crippen LogP contribution in [0.5, 0.6) is 0 Å². The molecule has 0 aliphatic rings. The van der Waals surface area contributed by atoms with Gasteiger partial charge in [-0.3, -0.25) is 9.78 Å². The van der Waals surface area contributed by atoms with Crippen LogP contribution in [0.4, 0.5) is 0 Å². The Morgan fingerprint density at radius 1 is 1.23 bits per heavy atom. The van der Waals surface area contributed by atoms with Crippen LogP contribution in [0.1, 0.15) is 34.5 Å². The number of benzene rings is 1. The molecule has 0 saturated carbocycles. The molecule has 0 aliphatic carbocycles. The number of aromatic nitrogens is 1. The average molecular weight is 297 g/mol. The third-order valence-corrected chi connectivity index (χ3v) is 3.78. The van der Waals surface area contributed by atoms with Gasteiger partial charge in [0.25, 0.3) is 5.91 Å². The third-order valence-electron chi connectivity index (χ3n) is 3.78. The number of pyridine rings is 1. The van der Waals surface area contributed by atoms with E-state index in [-0.39, 0.29) is 11.9 Å². The van der Waals surface area contributed by atoms with Crippen molar-refractivity contribution in [1.82, 2.24) is 15.2 Å². The van der Waals surface area contributed by atoms with Crippen molar-refractivity contribution in [3.8, 4) is 0 Å². The second kappa shape index (κ2) is 7.71. The van der Waals surface area contributed by atoms with Gasteiger partial charge in [0.15, 0.2) is 0 Å². The Morgan fingerprint density at radius 2 is 1.95 bits per heavy atom. The average Bonchev–Trinajstić information content (AvgIpc) is 2.56. The lowest BCUT2D eigenvalue weighted by atomic mass is 10.0. The zero-order chi connectivity index (χ0) is 15.9. The number of rotatable bonds is 6. The molecule has 0 fully saturated rings. The van der Waals surface area contributed by atoms with Crippen molar-refractivity contribution in [3.05, 3.63) is 65.5 Å². The van der Waals surface area contributed by atoms with Gasteiger partial charge in [-0.05, 0) is 43.8 Å². The molecule has 116 valence electrons. The number of amides is 1. The van der Waals surface area contributed by atoms with Crippen LogP contribution in [0.25, 0.3) is 0 Å². The standard InChI is InChI=1S/C18H23N3O/c1-4-14-7-9-15(10-8-14)17(21(2)3)13-20-18(22)16-6-5-11-19-12-16/h5-12,17H,4,13H2,1-3H3,(H,20,22). The fourth-order valence-electron chi connectivity index (χ4n) is 2.36. The molecule has 1 atom stereocenters. The van der Waals surface area contributed by atoms with E-state index in [1.165, 1.54) is 11.1 Å². The molecule has 0 bridgehead atoms. The van der Waals surface area contributed by atoms with Gasteiger partial charge in [-0.25, -0.2) is 0 Å². The smallest absolute Gasteiger partial charge is 0.252 e. The van der Waals surface area contributed by atoms with Gasteiger partial charge < -0.3 is 10.2 Å². The normalized spacial score (nSPS) is 12.2. The van der Waals surface area contributed by atoms with E-state index in [4.69, 9.17) is 0 Å². The molecule has 1 heterocycles. The van der Waals surface area contributed by atoms with Crippen molar-refractivity contribution in [2.45, 2.75) is 19.4 Å². The van der Waals surface area contributed by atoms with Crippen molar-refractivity contribution >= 4 is 5.91 Å². The summed E-state index contributed by atoms with van der Waals surface area (Å²) in [4.78, 5) is 18.2. The van der Waals surface area contributed by atoms with Crippen LogP contribution in [0, 0.1) is 0 Å². The van der Waals surface area contributed by atoms with Gasteiger partial charge in [-0.1, -0.05) is 31.2 Å². The molecular formula is C18H23N3O. The fourth-order valence-corrected chi connectivity index (χ4v) is 2.36. The monoisotopic (exact) mass is 297 g/mol. The number of carbonyl (C=O) groups is 1. The Hall–Kier alpha value is -2.20. The maximum Gasteiger partial charge on any atom is 0.252 e. The van der Waals surface area contributed by atoms with E-state index in [1.54, 1.807) is 24.5 Å². The van der Waals surface area contributed by atoms with E-state index < -0.39 is 0 Å². The molecule has 4 nitrogen and oxygen atoms in total. The summed E-state index contributed by atoms with van der Waals surface area (Å²) >= 11 is 0. The molecule has 0 aliphatic heterocycles. The van der Waals surface area contributed by atoms with Crippen LogP contribution in [0.2, 0.25) is 0 Å². The van der Waals surface area contributed by atoms with E-state index in [1.807, 2.05) is 14.1 Å². The van der Waals surface area contributed by atoms with Crippen molar-refractivity contribution < 1.29 is 4.79 Å². The highest BCUT2D eigenvalue weighted by Gasteiger charge is 2.15. The minimum absolute atomic E-state index is 0.0925. The highest BCUT2D eigenvalue weighted by atomic mass is 16.1. The summed E-state index contributed by atoms with van der Waals surface area (Å²) in [6, 6.07) is 12.2. The van der Waals surface area contributed by atoms with Crippen LogP contribution in [-0.4, -0.2) is 36.4 Å². The number of hydrogen-bond acceptors (Lipinski definition) is 3. The molecule has 0 saturated heterocycles. The maximum atomic E-state index is 12.1. The molecule has 22 heavy (non-hydrogen) atoms. The van der Waals surface area contributed by atoms with Crippen LogP contribution >= 0.6 is 0 Å². The number of aryl methyl sites for hydroxylation is 1. The van der Waals surface area contributed by atoms with E-state index in [0.29, 0.717) is 12.1 Å². The van der Waals surface area contributed by atoms with E-state index in [9.17, 15) is 4.79 Å². The van der Waals surface area contributed by atoms with Crippen molar-refractivity contribution in [2.75, 3.05) is 20.6 Å². The Bertz CT molecular complexity index is 593. The summed E-state index contributed by atoms with van der Waals surface area (Å²) in [5.74, 6) is -0.0925. The summed E-state index contributed by atoms with van der Waals surface area (Å²) in [6.07, 6.45) is 4.27. The summed E-state index contributed by atoms with van der Waals surface area (Å²) < 4.78 is 0. The number of nitrogens with one attached hydrogen (secondary N) is 1. The number of carbonyl (C=O) groups excluding carboxylic acids is 1. The Labute approximate surface area is 132 Å². The van der Waals surface area contributed by atoms with E-state index >= 15 is 0 Å². The summed E-state index contributed by atoms with van der Waals surface area (Å²) in [5, 5.41) is 2.99. The van der Waals surface area contributed by atoms with Crippen LogP contribution in [0.15, 0.2) is 48.8 Å². The van der Waals surface area contributed by atoms with E-state index in [2.05, 4.69) is 46.4 Å². The molecule has 2 aromatic rings. The zero-order valence-electron chi connectivity index (χ0n) is 13.4. The lowest BCUT2D eigenvalue weighted by Gasteiger charge is -2.25. The number of nitrogens with zero attached hydrogens (tertiary/aromatic N) is 2. The quantitative estimate of drug-likeness (QED) is 0.891. The topological polar surface area (TPSA) is 45.2 Å². The van der Waals surface area contributed by atoms with Gasteiger partial charge in [-0.2, -0.15) is 0 Å². The van der Waals surface area contributed by atoms with Crippen molar-refractivity contribution in [3.63, 3.8) is 0 Å². The predicted molar refractivity (Wildman–Crippen MR) is 88.8 cm³/mol. The number of hydrogen-bond donors (Lipinski definition) is 1.